The minimum absolute atomic E-state index is 0.0297. The number of esters is 1. The van der Waals surface area contributed by atoms with Crippen LogP contribution in [-0.4, -0.2) is 18.2 Å². The second kappa shape index (κ2) is 11.7. The monoisotopic (exact) mass is 496 g/mol. The second-order valence-electron chi connectivity index (χ2n) is 13.4. The molecule has 0 spiro atoms. The van der Waals surface area contributed by atoms with Gasteiger partial charge in [-0.3, -0.25) is 0 Å². The summed E-state index contributed by atoms with van der Waals surface area (Å²) in [6, 6.07) is 0. The van der Waals surface area contributed by atoms with Crippen molar-refractivity contribution in [2.75, 3.05) is 6.61 Å². The van der Waals surface area contributed by atoms with E-state index in [9.17, 15) is 4.79 Å². The first-order valence-electron chi connectivity index (χ1n) is 14.5. The van der Waals surface area contributed by atoms with Crippen molar-refractivity contribution in [1.82, 2.24) is 0 Å². The molecule has 2 atom stereocenters. The standard InChI is InChI=1S/C33H52O3/c1-9-31(3,4)22-29(32(5,6)10-2)26-17-16-25-21-28(19-18-24(25)20-26)35-23-30(34)36-33(7,8)27-14-12-11-13-15-27/h17-21,25,27,29H,9-16,22-23H2,1-8H3. The van der Waals surface area contributed by atoms with E-state index < -0.39 is 5.60 Å². The molecule has 0 saturated heterocycles. The van der Waals surface area contributed by atoms with Crippen molar-refractivity contribution in [3.05, 3.63) is 47.3 Å². The lowest BCUT2D eigenvalue weighted by molar-refractivity contribution is -0.166. The maximum atomic E-state index is 12.6. The lowest BCUT2D eigenvalue weighted by atomic mass is 9.64. The molecule has 36 heavy (non-hydrogen) atoms. The van der Waals surface area contributed by atoms with Gasteiger partial charge in [0.05, 0.1) is 0 Å². The molecule has 3 aliphatic rings. The Kier molecular flexibility index (Phi) is 9.39. The summed E-state index contributed by atoms with van der Waals surface area (Å²) in [7, 11) is 0. The summed E-state index contributed by atoms with van der Waals surface area (Å²) in [5.74, 6) is 1.81. The van der Waals surface area contributed by atoms with Gasteiger partial charge in [0.25, 0.3) is 0 Å². The maximum absolute atomic E-state index is 12.6. The van der Waals surface area contributed by atoms with Gasteiger partial charge in [0.1, 0.15) is 11.4 Å². The molecule has 0 N–H and O–H groups in total. The summed E-state index contributed by atoms with van der Waals surface area (Å²) in [6.07, 6.45) is 21.9. The van der Waals surface area contributed by atoms with Crippen LogP contribution >= 0.6 is 0 Å². The molecule has 0 bridgehead atoms. The Labute approximate surface area is 221 Å². The predicted octanol–water partition coefficient (Wildman–Crippen LogP) is 9.11. The van der Waals surface area contributed by atoms with Gasteiger partial charge < -0.3 is 9.47 Å². The van der Waals surface area contributed by atoms with Crippen molar-refractivity contribution < 1.29 is 14.3 Å². The Bertz CT molecular complexity index is 890. The van der Waals surface area contributed by atoms with Crippen LogP contribution in [0.2, 0.25) is 0 Å². The molecular weight excluding hydrogens is 444 g/mol. The highest BCUT2D eigenvalue weighted by Crippen LogP contribution is 2.46. The van der Waals surface area contributed by atoms with Crippen LogP contribution in [0, 0.1) is 28.6 Å². The van der Waals surface area contributed by atoms with Gasteiger partial charge in [-0.15, -0.1) is 0 Å². The van der Waals surface area contributed by atoms with Crippen LogP contribution in [-0.2, 0) is 14.3 Å². The van der Waals surface area contributed by atoms with Gasteiger partial charge in [-0.1, -0.05) is 91.9 Å². The van der Waals surface area contributed by atoms with Crippen LogP contribution in [0.1, 0.15) is 113 Å². The Morgan fingerprint density at radius 3 is 2.33 bits per heavy atom. The number of hydrogen-bond donors (Lipinski definition) is 0. The number of carbonyl (C=O) groups is 1. The van der Waals surface area contributed by atoms with Crippen molar-refractivity contribution in [3.8, 4) is 0 Å². The van der Waals surface area contributed by atoms with Crippen LogP contribution in [0.5, 0.6) is 0 Å². The van der Waals surface area contributed by atoms with Crippen LogP contribution in [0.15, 0.2) is 47.3 Å². The van der Waals surface area contributed by atoms with E-state index in [4.69, 9.17) is 9.47 Å². The van der Waals surface area contributed by atoms with Gasteiger partial charge in [-0.25, -0.2) is 4.79 Å². The Hall–Kier alpha value is -1.77. The zero-order chi connectivity index (χ0) is 26.6. The third-order valence-corrected chi connectivity index (χ3v) is 9.47. The SMILES string of the molecule is CCC(C)(C)CC(C1=CCC2C=C(OCC(=O)OC(C)(C)C3CCCCC3)C=CC2=C1)C(C)(C)CC. The van der Waals surface area contributed by atoms with Crippen molar-refractivity contribution >= 4 is 5.97 Å². The highest BCUT2D eigenvalue weighted by Gasteiger charge is 2.36. The number of ether oxygens (including phenoxy) is 2. The van der Waals surface area contributed by atoms with Crippen LogP contribution in [0.3, 0.4) is 0 Å². The van der Waals surface area contributed by atoms with E-state index in [2.05, 4.69) is 79.7 Å². The van der Waals surface area contributed by atoms with Gasteiger partial charge in [0, 0.05) is 5.92 Å². The number of fused-ring (bicyclic) bond motifs is 1. The van der Waals surface area contributed by atoms with Crippen LogP contribution in [0.4, 0.5) is 0 Å². The Morgan fingerprint density at radius 1 is 1.00 bits per heavy atom. The molecule has 202 valence electrons. The molecule has 3 rings (SSSR count). The van der Waals surface area contributed by atoms with E-state index in [0.29, 0.717) is 23.2 Å². The summed E-state index contributed by atoms with van der Waals surface area (Å²) in [5, 5.41) is 0. The molecule has 3 heteroatoms. The van der Waals surface area contributed by atoms with Gasteiger partial charge in [-0.05, 0) is 85.5 Å². The lowest BCUT2D eigenvalue weighted by Crippen LogP contribution is -2.38. The molecule has 0 heterocycles. The summed E-state index contributed by atoms with van der Waals surface area (Å²) >= 11 is 0. The predicted molar refractivity (Wildman–Crippen MR) is 150 cm³/mol. The van der Waals surface area contributed by atoms with Gasteiger partial charge in [-0.2, -0.15) is 0 Å². The number of allylic oxidation sites excluding steroid dienone is 7. The van der Waals surface area contributed by atoms with Gasteiger partial charge in [0.15, 0.2) is 6.61 Å². The van der Waals surface area contributed by atoms with Crippen molar-refractivity contribution in [2.24, 2.45) is 28.6 Å². The van der Waals surface area contributed by atoms with Gasteiger partial charge >= 0.3 is 5.97 Å². The molecule has 0 aromatic carbocycles. The molecule has 3 aliphatic carbocycles. The minimum atomic E-state index is -0.423. The van der Waals surface area contributed by atoms with Crippen molar-refractivity contribution in [3.63, 3.8) is 0 Å². The smallest absolute Gasteiger partial charge is 0.344 e. The molecule has 0 aromatic heterocycles. The topological polar surface area (TPSA) is 35.5 Å². The first-order valence-corrected chi connectivity index (χ1v) is 14.5. The van der Waals surface area contributed by atoms with E-state index in [0.717, 1.165) is 25.0 Å². The zero-order valence-corrected chi connectivity index (χ0v) is 24.4. The molecule has 0 aliphatic heterocycles. The van der Waals surface area contributed by atoms with E-state index in [1.165, 1.54) is 49.7 Å². The first-order chi connectivity index (χ1) is 16.9. The van der Waals surface area contributed by atoms with Crippen LogP contribution in [0.25, 0.3) is 0 Å². The largest absolute Gasteiger partial charge is 0.482 e. The average Bonchev–Trinajstić information content (AvgIpc) is 2.86. The molecule has 0 radical (unpaired) electrons. The minimum Gasteiger partial charge on any atom is -0.482 e. The average molecular weight is 497 g/mol. The third kappa shape index (κ3) is 7.39. The lowest BCUT2D eigenvalue weighted by Gasteiger charge is -2.41. The van der Waals surface area contributed by atoms with Crippen molar-refractivity contribution in [1.29, 1.82) is 0 Å². The van der Waals surface area contributed by atoms with Gasteiger partial charge in [0.2, 0.25) is 0 Å². The molecule has 1 fully saturated rings. The fourth-order valence-electron chi connectivity index (χ4n) is 6.00. The summed E-state index contributed by atoms with van der Waals surface area (Å²) in [6.45, 7) is 18.4. The highest BCUT2D eigenvalue weighted by atomic mass is 16.6. The first kappa shape index (κ1) is 28.8. The van der Waals surface area contributed by atoms with E-state index >= 15 is 0 Å². The normalized spacial score (nSPS) is 22.2. The number of carbonyl (C=O) groups excluding carboxylic acids is 1. The fraction of sp³-hybridized carbons (Fsp3) is 0.727. The molecule has 1 saturated carbocycles. The number of rotatable bonds is 11. The molecule has 2 unspecified atom stereocenters. The van der Waals surface area contributed by atoms with E-state index in [1.54, 1.807) is 0 Å². The Morgan fingerprint density at radius 2 is 1.69 bits per heavy atom. The summed E-state index contributed by atoms with van der Waals surface area (Å²) in [4.78, 5) is 12.6. The highest BCUT2D eigenvalue weighted by molar-refractivity contribution is 5.71. The quantitative estimate of drug-likeness (QED) is 0.268. The maximum Gasteiger partial charge on any atom is 0.344 e. The molecule has 0 amide bonds. The van der Waals surface area contributed by atoms with E-state index in [-0.39, 0.29) is 18.0 Å². The van der Waals surface area contributed by atoms with Crippen LogP contribution < -0.4 is 0 Å². The van der Waals surface area contributed by atoms with Crippen molar-refractivity contribution in [2.45, 2.75) is 119 Å². The zero-order valence-electron chi connectivity index (χ0n) is 24.4. The number of hydrogen-bond acceptors (Lipinski definition) is 3. The molecule has 0 aromatic rings. The van der Waals surface area contributed by atoms with E-state index in [1.807, 2.05) is 6.08 Å². The fourth-order valence-corrected chi connectivity index (χ4v) is 6.00. The Balaban J connectivity index is 1.60. The third-order valence-electron chi connectivity index (χ3n) is 9.47. The summed E-state index contributed by atoms with van der Waals surface area (Å²) < 4.78 is 11.8. The summed E-state index contributed by atoms with van der Waals surface area (Å²) in [5.41, 5.74) is 3.01. The molecular formula is C33H52O3. The molecule has 3 nitrogen and oxygen atoms in total. The second-order valence-corrected chi connectivity index (χ2v) is 13.4.